The molecule has 0 saturated heterocycles. The van der Waals surface area contributed by atoms with Gasteiger partial charge in [0.15, 0.2) is 0 Å². The Bertz CT molecular complexity index is 226. The molecule has 12 heavy (non-hydrogen) atoms. The van der Waals surface area contributed by atoms with Gasteiger partial charge < -0.3 is 0 Å². The number of allylic oxidation sites excluding steroid dienone is 8. The Labute approximate surface area is 75.0 Å². The first-order chi connectivity index (χ1) is 5.93. The minimum absolute atomic E-state index is 1.11. The van der Waals surface area contributed by atoms with E-state index in [1.54, 1.807) is 5.57 Å². The molecular formula is C12H16. The molecule has 1 aliphatic carbocycles. The fourth-order valence-electron chi connectivity index (χ4n) is 1.23. The van der Waals surface area contributed by atoms with E-state index >= 15 is 0 Å². The van der Waals surface area contributed by atoms with Gasteiger partial charge in [0.05, 0.1) is 0 Å². The Balaban J connectivity index is 2.31. The molecule has 0 fully saturated rings. The summed E-state index contributed by atoms with van der Waals surface area (Å²) in [5.74, 6) is 0. The number of hydrogen-bond donors (Lipinski definition) is 0. The monoisotopic (exact) mass is 160 g/mol. The molecule has 0 aromatic heterocycles. The first-order valence-corrected chi connectivity index (χ1v) is 4.56. The molecule has 0 bridgehead atoms. The van der Waals surface area contributed by atoms with Gasteiger partial charge in [-0.15, -0.1) is 0 Å². The summed E-state index contributed by atoms with van der Waals surface area (Å²) < 4.78 is 0. The van der Waals surface area contributed by atoms with Crippen LogP contribution in [0.4, 0.5) is 0 Å². The highest BCUT2D eigenvalue weighted by atomic mass is 14.0. The summed E-state index contributed by atoms with van der Waals surface area (Å²) in [4.78, 5) is 0. The maximum atomic E-state index is 2.23. The summed E-state index contributed by atoms with van der Waals surface area (Å²) in [7, 11) is 0. The lowest BCUT2D eigenvalue weighted by molar-refractivity contribution is 0.925. The van der Waals surface area contributed by atoms with Gasteiger partial charge in [0.1, 0.15) is 0 Å². The van der Waals surface area contributed by atoms with Crippen molar-refractivity contribution in [2.75, 3.05) is 0 Å². The minimum Gasteiger partial charge on any atom is -0.0877 e. The van der Waals surface area contributed by atoms with Crippen LogP contribution in [0.25, 0.3) is 0 Å². The molecule has 1 rings (SSSR count). The van der Waals surface area contributed by atoms with Crippen LogP contribution in [0, 0.1) is 0 Å². The van der Waals surface area contributed by atoms with Gasteiger partial charge in [-0.1, -0.05) is 48.1 Å². The number of hydrogen-bond acceptors (Lipinski definition) is 0. The van der Waals surface area contributed by atoms with Gasteiger partial charge in [0, 0.05) is 0 Å². The maximum Gasteiger partial charge on any atom is -0.0132 e. The van der Waals surface area contributed by atoms with Gasteiger partial charge in [0.2, 0.25) is 0 Å². The predicted molar refractivity (Wildman–Crippen MR) is 55.0 cm³/mol. The lowest BCUT2D eigenvalue weighted by Gasteiger charge is -2.04. The Kier molecular flexibility index (Phi) is 4.22. The Morgan fingerprint density at radius 2 is 2.33 bits per heavy atom. The summed E-state index contributed by atoms with van der Waals surface area (Å²) in [6.45, 7) is 2.03. The van der Waals surface area contributed by atoms with Gasteiger partial charge in [-0.05, 0) is 26.2 Å². The van der Waals surface area contributed by atoms with Crippen molar-refractivity contribution >= 4 is 0 Å². The van der Waals surface area contributed by atoms with Crippen LogP contribution >= 0.6 is 0 Å². The molecular weight excluding hydrogens is 144 g/mol. The molecule has 0 radical (unpaired) electrons. The van der Waals surface area contributed by atoms with Crippen LogP contribution < -0.4 is 0 Å². The van der Waals surface area contributed by atoms with Crippen LogP contribution in [-0.4, -0.2) is 0 Å². The zero-order valence-corrected chi connectivity index (χ0v) is 7.66. The molecule has 0 heteroatoms. The van der Waals surface area contributed by atoms with E-state index in [0.717, 1.165) is 6.42 Å². The fraction of sp³-hybridized carbons (Fsp3) is 0.333. The summed E-state index contributed by atoms with van der Waals surface area (Å²) in [6, 6.07) is 0. The van der Waals surface area contributed by atoms with Gasteiger partial charge in [-0.2, -0.15) is 0 Å². The molecule has 0 unspecified atom stereocenters. The zero-order chi connectivity index (χ0) is 8.65. The molecule has 0 N–H and O–H groups in total. The number of rotatable bonds is 3. The van der Waals surface area contributed by atoms with E-state index < -0.39 is 0 Å². The molecule has 1 aliphatic rings. The topological polar surface area (TPSA) is 0 Å². The second-order valence-corrected chi connectivity index (χ2v) is 2.95. The van der Waals surface area contributed by atoms with Crippen LogP contribution in [0.2, 0.25) is 0 Å². The normalized spacial score (nSPS) is 17.6. The Morgan fingerprint density at radius 3 is 3.00 bits per heavy atom. The van der Waals surface area contributed by atoms with Crippen LogP contribution in [0.5, 0.6) is 0 Å². The van der Waals surface area contributed by atoms with Crippen LogP contribution in [0.15, 0.2) is 48.1 Å². The molecule has 0 aromatic rings. The standard InChI is InChI=1S/C12H16/c1-2-3-4-6-9-12-10-7-5-8-11-12/h2-7,10H,8-9,11H2,1H3. The molecule has 0 saturated carbocycles. The predicted octanol–water partition coefficient (Wildman–Crippen LogP) is 3.79. The lowest BCUT2D eigenvalue weighted by Crippen LogP contribution is -1.84. The van der Waals surface area contributed by atoms with Crippen molar-refractivity contribution in [3.63, 3.8) is 0 Å². The van der Waals surface area contributed by atoms with E-state index in [9.17, 15) is 0 Å². The van der Waals surface area contributed by atoms with E-state index in [4.69, 9.17) is 0 Å². The third-order valence-corrected chi connectivity index (χ3v) is 1.92. The highest BCUT2D eigenvalue weighted by Crippen LogP contribution is 2.15. The quantitative estimate of drug-likeness (QED) is 0.551. The molecule has 0 atom stereocenters. The first kappa shape index (κ1) is 9.05. The Morgan fingerprint density at radius 1 is 1.42 bits per heavy atom. The van der Waals surface area contributed by atoms with Gasteiger partial charge in [-0.3, -0.25) is 0 Å². The summed E-state index contributed by atoms with van der Waals surface area (Å²) in [6.07, 6.45) is 18.6. The van der Waals surface area contributed by atoms with Crippen molar-refractivity contribution in [2.24, 2.45) is 0 Å². The zero-order valence-electron chi connectivity index (χ0n) is 7.66. The van der Waals surface area contributed by atoms with Gasteiger partial charge in [0.25, 0.3) is 0 Å². The average molecular weight is 160 g/mol. The summed E-state index contributed by atoms with van der Waals surface area (Å²) in [5.41, 5.74) is 1.54. The molecule has 0 heterocycles. The average Bonchev–Trinajstić information content (AvgIpc) is 2.14. The fourth-order valence-corrected chi connectivity index (χ4v) is 1.23. The second kappa shape index (κ2) is 5.59. The molecule has 64 valence electrons. The molecule has 0 amide bonds. The van der Waals surface area contributed by atoms with Crippen LogP contribution in [0.3, 0.4) is 0 Å². The smallest absolute Gasteiger partial charge is 0.0132 e. The van der Waals surface area contributed by atoms with Gasteiger partial charge >= 0.3 is 0 Å². The van der Waals surface area contributed by atoms with Crippen molar-refractivity contribution in [2.45, 2.75) is 26.2 Å². The maximum absolute atomic E-state index is 2.23. The third kappa shape index (κ3) is 3.38. The molecule has 0 aliphatic heterocycles. The highest BCUT2D eigenvalue weighted by Gasteiger charge is 1.95. The first-order valence-electron chi connectivity index (χ1n) is 4.56. The van der Waals surface area contributed by atoms with Gasteiger partial charge in [-0.25, -0.2) is 0 Å². The van der Waals surface area contributed by atoms with Crippen molar-refractivity contribution in [3.05, 3.63) is 48.1 Å². The van der Waals surface area contributed by atoms with E-state index in [0.29, 0.717) is 0 Å². The van der Waals surface area contributed by atoms with Crippen LogP contribution in [-0.2, 0) is 0 Å². The minimum atomic E-state index is 1.11. The summed E-state index contributed by atoms with van der Waals surface area (Å²) in [5, 5.41) is 0. The SMILES string of the molecule is CC=CC=CCC1=CC=CCC1. The largest absolute Gasteiger partial charge is 0.0877 e. The highest BCUT2D eigenvalue weighted by molar-refractivity contribution is 5.20. The van der Waals surface area contributed by atoms with E-state index in [1.807, 2.05) is 13.0 Å². The lowest BCUT2D eigenvalue weighted by atomic mass is 10.0. The third-order valence-electron chi connectivity index (χ3n) is 1.92. The van der Waals surface area contributed by atoms with Crippen molar-refractivity contribution < 1.29 is 0 Å². The Hall–Kier alpha value is -1.04. The van der Waals surface area contributed by atoms with E-state index in [1.165, 1.54) is 12.8 Å². The second-order valence-electron chi connectivity index (χ2n) is 2.95. The van der Waals surface area contributed by atoms with E-state index in [-0.39, 0.29) is 0 Å². The van der Waals surface area contributed by atoms with Crippen LogP contribution in [0.1, 0.15) is 26.2 Å². The molecule has 0 nitrogen and oxygen atoms in total. The van der Waals surface area contributed by atoms with E-state index in [2.05, 4.69) is 36.5 Å². The van der Waals surface area contributed by atoms with Crippen molar-refractivity contribution in [1.82, 2.24) is 0 Å². The van der Waals surface area contributed by atoms with Crippen molar-refractivity contribution in [3.8, 4) is 0 Å². The van der Waals surface area contributed by atoms with Crippen molar-refractivity contribution in [1.29, 1.82) is 0 Å². The molecule has 0 spiro atoms. The molecule has 0 aromatic carbocycles. The summed E-state index contributed by atoms with van der Waals surface area (Å²) >= 11 is 0.